The second kappa shape index (κ2) is 4.39. The Morgan fingerprint density at radius 2 is 2.06 bits per heavy atom. The van der Waals surface area contributed by atoms with Crippen molar-refractivity contribution in [2.75, 3.05) is 0 Å². The van der Waals surface area contributed by atoms with Crippen molar-refractivity contribution in [3.63, 3.8) is 0 Å². The van der Waals surface area contributed by atoms with E-state index in [0.29, 0.717) is 10.0 Å². The van der Waals surface area contributed by atoms with E-state index in [2.05, 4.69) is 15.9 Å². The Hall–Kier alpha value is -1.13. The van der Waals surface area contributed by atoms with Crippen molar-refractivity contribution in [3.8, 4) is 10.4 Å². The maximum absolute atomic E-state index is 11.0. The van der Waals surface area contributed by atoms with Crippen LogP contribution in [0.25, 0.3) is 10.4 Å². The molecule has 0 fully saturated rings. The summed E-state index contributed by atoms with van der Waals surface area (Å²) in [5.74, 6) is -0.915. The molecular weight excluding hydrogens is 288 g/mol. The molecule has 1 N–H and O–H groups in total. The number of thiophene rings is 1. The lowest BCUT2D eigenvalue weighted by atomic mass is 10.1. The molecule has 0 unspecified atom stereocenters. The molecule has 0 saturated heterocycles. The first-order valence-corrected chi connectivity index (χ1v) is 6.28. The molecule has 0 radical (unpaired) electrons. The highest BCUT2D eigenvalue weighted by atomic mass is 79.9. The molecule has 0 atom stereocenters. The van der Waals surface area contributed by atoms with Crippen molar-refractivity contribution in [3.05, 3.63) is 45.2 Å². The third-order valence-corrected chi connectivity index (χ3v) is 3.96. The van der Waals surface area contributed by atoms with Gasteiger partial charge in [0.25, 0.3) is 0 Å². The Kier molecular flexibility index (Phi) is 3.12. The molecule has 2 nitrogen and oxygen atoms in total. The monoisotopic (exact) mass is 296 g/mol. The molecule has 0 aliphatic rings. The first kappa shape index (κ1) is 11.4. The minimum Gasteiger partial charge on any atom is -0.478 e. The smallest absolute Gasteiger partial charge is 0.336 e. The van der Waals surface area contributed by atoms with Crippen molar-refractivity contribution in [2.24, 2.45) is 0 Å². The van der Waals surface area contributed by atoms with Gasteiger partial charge >= 0.3 is 5.97 Å². The lowest BCUT2D eigenvalue weighted by Crippen LogP contribution is -1.97. The Morgan fingerprint density at radius 1 is 1.31 bits per heavy atom. The Balaban J connectivity index is 2.51. The number of carboxylic acids is 1. The maximum atomic E-state index is 11.0. The third-order valence-electron chi connectivity index (χ3n) is 2.22. The molecule has 0 amide bonds. The fraction of sp³-hybridized carbons (Fsp3) is 0.0833. The molecule has 1 aromatic heterocycles. The first-order valence-electron chi connectivity index (χ1n) is 4.67. The van der Waals surface area contributed by atoms with E-state index >= 15 is 0 Å². The molecule has 16 heavy (non-hydrogen) atoms. The number of aromatic carboxylic acids is 1. The molecule has 1 aromatic carbocycles. The van der Waals surface area contributed by atoms with Gasteiger partial charge in [0, 0.05) is 14.2 Å². The summed E-state index contributed by atoms with van der Waals surface area (Å²) in [6.45, 7) is 2.03. The van der Waals surface area contributed by atoms with Crippen LogP contribution in [-0.2, 0) is 0 Å². The van der Waals surface area contributed by atoms with Crippen LogP contribution in [0.1, 0.15) is 15.2 Å². The molecule has 0 bridgehead atoms. The average molecular weight is 297 g/mol. The van der Waals surface area contributed by atoms with E-state index in [0.717, 1.165) is 10.4 Å². The van der Waals surface area contributed by atoms with Crippen molar-refractivity contribution in [2.45, 2.75) is 6.92 Å². The molecule has 4 heteroatoms. The van der Waals surface area contributed by atoms with Crippen molar-refractivity contribution >= 4 is 33.2 Å². The van der Waals surface area contributed by atoms with E-state index < -0.39 is 5.97 Å². The van der Waals surface area contributed by atoms with Gasteiger partial charge in [-0.2, -0.15) is 0 Å². The molecule has 2 rings (SSSR count). The SMILES string of the molecule is Cc1ccc(-c2ccc(Br)c(C(=O)O)c2)s1. The number of halogens is 1. The predicted molar refractivity (Wildman–Crippen MR) is 69.2 cm³/mol. The largest absolute Gasteiger partial charge is 0.478 e. The summed E-state index contributed by atoms with van der Waals surface area (Å²) in [5, 5.41) is 9.02. The highest BCUT2D eigenvalue weighted by molar-refractivity contribution is 9.10. The number of hydrogen-bond acceptors (Lipinski definition) is 2. The molecule has 0 spiro atoms. The molecule has 2 aromatic rings. The summed E-state index contributed by atoms with van der Waals surface area (Å²) in [7, 11) is 0. The van der Waals surface area contributed by atoms with Gasteiger partial charge in [-0.05, 0) is 52.7 Å². The van der Waals surface area contributed by atoms with Crippen LogP contribution in [0.3, 0.4) is 0 Å². The maximum Gasteiger partial charge on any atom is 0.336 e. The van der Waals surface area contributed by atoms with Gasteiger partial charge in [-0.15, -0.1) is 11.3 Å². The van der Waals surface area contributed by atoms with Crippen molar-refractivity contribution in [1.82, 2.24) is 0 Å². The number of benzene rings is 1. The van der Waals surface area contributed by atoms with Gasteiger partial charge in [-0.25, -0.2) is 4.79 Å². The zero-order valence-corrected chi connectivity index (χ0v) is 10.9. The van der Waals surface area contributed by atoms with E-state index in [1.54, 1.807) is 23.5 Å². The average Bonchev–Trinajstić information content (AvgIpc) is 2.65. The van der Waals surface area contributed by atoms with Crippen molar-refractivity contribution < 1.29 is 9.90 Å². The van der Waals surface area contributed by atoms with Crippen molar-refractivity contribution in [1.29, 1.82) is 0 Å². The quantitative estimate of drug-likeness (QED) is 0.902. The molecule has 0 aliphatic carbocycles. The molecule has 0 aliphatic heterocycles. The van der Waals surface area contributed by atoms with Crippen LogP contribution in [0.5, 0.6) is 0 Å². The predicted octanol–water partition coefficient (Wildman–Crippen LogP) is 4.18. The normalized spacial score (nSPS) is 10.4. The summed E-state index contributed by atoms with van der Waals surface area (Å²) >= 11 is 4.89. The van der Waals surface area contributed by atoms with Crippen LogP contribution >= 0.6 is 27.3 Å². The standard InChI is InChI=1S/C12H9BrO2S/c1-7-2-5-11(16-7)8-3-4-10(13)9(6-8)12(14)15/h2-6H,1H3,(H,14,15). The van der Waals surface area contributed by atoms with Gasteiger partial charge < -0.3 is 5.11 Å². The minimum atomic E-state index is -0.915. The van der Waals surface area contributed by atoms with Crippen LogP contribution in [0.4, 0.5) is 0 Å². The van der Waals surface area contributed by atoms with Crippen LogP contribution in [0.2, 0.25) is 0 Å². The van der Waals surface area contributed by atoms with Gasteiger partial charge in [0.05, 0.1) is 5.56 Å². The highest BCUT2D eigenvalue weighted by Gasteiger charge is 2.10. The van der Waals surface area contributed by atoms with E-state index in [1.165, 1.54) is 4.88 Å². The number of rotatable bonds is 2. The van der Waals surface area contributed by atoms with E-state index in [9.17, 15) is 4.79 Å². The van der Waals surface area contributed by atoms with Crippen LogP contribution in [0, 0.1) is 6.92 Å². The van der Waals surface area contributed by atoms with Crippen LogP contribution in [-0.4, -0.2) is 11.1 Å². The topological polar surface area (TPSA) is 37.3 Å². The molecule has 1 heterocycles. The molecule has 82 valence electrons. The fourth-order valence-electron chi connectivity index (χ4n) is 1.43. The van der Waals surface area contributed by atoms with Gasteiger partial charge in [-0.1, -0.05) is 6.07 Å². The van der Waals surface area contributed by atoms with Crippen LogP contribution < -0.4 is 0 Å². The molecule has 0 saturated carbocycles. The van der Waals surface area contributed by atoms with Crippen LogP contribution in [0.15, 0.2) is 34.8 Å². The van der Waals surface area contributed by atoms with E-state index in [-0.39, 0.29) is 0 Å². The zero-order valence-electron chi connectivity index (χ0n) is 8.53. The Bertz CT molecular complexity index is 546. The number of aryl methyl sites for hydroxylation is 1. The third kappa shape index (κ3) is 2.18. The Labute approximate surface area is 106 Å². The zero-order chi connectivity index (χ0) is 11.7. The summed E-state index contributed by atoms with van der Waals surface area (Å²) in [6, 6.07) is 9.42. The first-order chi connectivity index (χ1) is 7.58. The second-order valence-electron chi connectivity index (χ2n) is 3.41. The minimum absolute atomic E-state index is 0.295. The lowest BCUT2D eigenvalue weighted by molar-refractivity contribution is 0.0696. The van der Waals surface area contributed by atoms with Gasteiger partial charge in [0.1, 0.15) is 0 Å². The summed E-state index contributed by atoms with van der Waals surface area (Å²) < 4.78 is 0.608. The fourth-order valence-corrected chi connectivity index (χ4v) is 2.71. The number of hydrogen-bond donors (Lipinski definition) is 1. The number of carboxylic acid groups (broad SMARTS) is 1. The second-order valence-corrected chi connectivity index (χ2v) is 5.55. The van der Waals surface area contributed by atoms with Gasteiger partial charge in [0.15, 0.2) is 0 Å². The van der Waals surface area contributed by atoms with E-state index in [4.69, 9.17) is 5.11 Å². The summed E-state index contributed by atoms with van der Waals surface area (Å²) in [6.07, 6.45) is 0. The van der Waals surface area contributed by atoms with Gasteiger partial charge in [0.2, 0.25) is 0 Å². The van der Waals surface area contributed by atoms with Gasteiger partial charge in [-0.3, -0.25) is 0 Å². The lowest BCUT2D eigenvalue weighted by Gasteiger charge is -2.02. The number of carbonyl (C=O) groups is 1. The Morgan fingerprint density at radius 3 is 2.62 bits per heavy atom. The van der Waals surface area contributed by atoms with E-state index in [1.807, 2.05) is 25.1 Å². The summed E-state index contributed by atoms with van der Waals surface area (Å²) in [5.41, 5.74) is 1.24. The summed E-state index contributed by atoms with van der Waals surface area (Å²) in [4.78, 5) is 13.3. The molecular formula is C12H9BrO2S. The highest BCUT2D eigenvalue weighted by Crippen LogP contribution is 2.30.